The minimum Gasteiger partial charge on any atom is -0.365 e. The summed E-state index contributed by atoms with van der Waals surface area (Å²) in [7, 11) is 0. The first-order valence-corrected chi connectivity index (χ1v) is 5.98. The maximum atomic E-state index is 4.65. The average Bonchev–Trinajstić information content (AvgIpc) is 2.92. The van der Waals surface area contributed by atoms with E-state index < -0.39 is 0 Å². The smallest absolute Gasteiger partial charge is 0.245 e. The molecule has 0 spiro atoms. The molecule has 19 heavy (non-hydrogen) atoms. The number of hydrogen-bond acceptors (Lipinski definition) is 7. The highest BCUT2D eigenvalue weighted by Crippen LogP contribution is 2.32. The topological polar surface area (TPSA) is 80.0 Å². The van der Waals surface area contributed by atoms with E-state index >= 15 is 0 Å². The van der Waals surface area contributed by atoms with Crippen molar-refractivity contribution in [3.05, 3.63) is 30.3 Å². The van der Waals surface area contributed by atoms with E-state index in [1.54, 1.807) is 0 Å². The second-order valence-corrected chi connectivity index (χ2v) is 4.22. The largest absolute Gasteiger partial charge is 0.365 e. The van der Waals surface area contributed by atoms with Crippen LogP contribution in [0.4, 0.5) is 17.3 Å². The standard InChI is InChI=1S/C12H10N6O/c1-2-4-8(5-3-1)18-7-6-13-11-12(18)15-10-9(14-11)16-19-17-10/h1-5H,6-7H2,(H,13,14,16). The molecule has 3 heterocycles. The van der Waals surface area contributed by atoms with E-state index in [1.807, 2.05) is 30.3 Å². The van der Waals surface area contributed by atoms with Crippen molar-refractivity contribution in [2.24, 2.45) is 0 Å². The minimum atomic E-state index is 0.418. The van der Waals surface area contributed by atoms with Crippen LogP contribution in [0.2, 0.25) is 0 Å². The van der Waals surface area contributed by atoms with Gasteiger partial charge in [0.2, 0.25) is 11.3 Å². The predicted molar refractivity (Wildman–Crippen MR) is 69.3 cm³/mol. The number of anilines is 3. The van der Waals surface area contributed by atoms with E-state index in [4.69, 9.17) is 0 Å². The number of nitrogens with one attached hydrogen (secondary N) is 1. The van der Waals surface area contributed by atoms with E-state index in [1.165, 1.54) is 0 Å². The lowest BCUT2D eigenvalue weighted by Crippen LogP contribution is -2.31. The molecule has 0 aliphatic carbocycles. The van der Waals surface area contributed by atoms with E-state index in [0.29, 0.717) is 17.1 Å². The summed E-state index contributed by atoms with van der Waals surface area (Å²) in [5.41, 5.74) is 1.92. The normalized spacial score (nSPS) is 14.2. The van der Waals surface area contributed by atoms with E-state index in [9.17, 15) is 0 Å². The van der Waals surface area contributed by atoms with Crippen LogP contribution in [0.3, 0.4) is 0 Å². The van der Waals surface area contributed by atoms with Crippen molar-refractivity contribution in [3.8, 4) is 0 Å². The van der Waals surface area contributed by atoms with Crippen LogP contribution in [0, 0.1) is 0 Å². The van der Waals surface area contributed by atoms with Crippen LogP contribution in [0.1, 0.15) is 0 Å². The third-order valence-corrected chi connectivity index (χ3v) is 3.05. The SMILES string of the molecule is c1ccc(N2CCNc3nc4nonc4nc32)cc1. The maximum Gasteiger partial charge on any atom is 0.245 e. The van der Waals surface area contributed by atoms with Gasteiger partial charge in [-0.25, -0.2) is 14.6 Å². The van der Waals surface area contributed by atoms with Crippen LogP contribution in [-0.2, 0) is 0 Å². The molecular weight excluding hydrogens is 244 g/mol. The van der Waals surface area contributed by atoms with Crippen molar-refractivity contribution in [1.29, 1.82) is 0 Å². The molecule has 2 aromatic heterocycles. The van der Waals surface area contributed by atoms with Gasteiger partial charge in [0.1, 0.15) is 0 Å². The summed E-state index contributed by atoms with van der Waals surface area (Å²) in [5, 5.41) is 10.7. The monoisotopic (exact) mass is 254 g/mol. The molecule has 0 saturated heterocycles. The number of aromatic nitrogens is 4. The summed E-state index contributed by atoms with van der Waals surface area (Å²) < 4.78 is 4.65. The second kappa shape index (κ2) is 3.91. The van der Waals surface area contributed by atoms with Crippen LogP contribution in [0.25, 0.3) is 11.3 Å². The fourth-order valence-corrected chi connectivity index (χ4v) is 2.19. The lowest BCUT2D eigenvalue weighted by atomic mass is 10.2. The van der Waals surface area contributed by atoms with Crippen LogP contribution in [-0.4, -0.2) is 33.4 Å². The number of hydrogen-bond donors (Lipinski definition) is 1. The Hall–Kier alpha value is -2.70. The van der Waals surface area contributed by atoms with Crippen molar-refractivity contribution in [3.63, 3.8) is 0 Å². The van der Waals surface area contributed by atoms with Crippen molar-refractivity contribution in [2.75, 3.05) is 23.3 Å². The molecule has 0 atom stereocenters. The van der Waals surface area contributed by atoms with Gasteiger partial charge in [0, 0.05) is 18.8 Å². The Labute approximate surface area is 108 Å². The maximum absolute atomic E-state index is 4.65. The molecule has 0 radical (unpaired) electrons. The van der Waals surface area contributed by atoms with Crippen molar-refractivity contribution >= 4 is 28.6 Å². The quantitative estimate of drug-likeness (QED) is 0.706. The number of benzene rings is 1. The van der Waals surface area contributed by atoms with Crippen molar-refractivity contribution in [1.82, 2.24) is 20.3 Å². The Balaban J connectivity index is 1.89. The molecule has 94 valence electrons. The highest BCUT2D eigenvalue weighted by Gasteiger charge is 2.22. The molecule has 1 aromatic carbocycles. The number of rotatable bonds is 1. The third kappa shape index (κ3) is 1.59. The lowest BCUT2D eigenvalue weighted by Gasteiger charge is -2.29. The summed E-state index contributed by atoms with van der Waals surface area (Å²) in [6.45, 7) is 1.62. The Morgan fingerprint density at radius 1 is 1.05 bits per heavy atom. The third-order valence-electron chi connectivity index (χ3n) is 3.05. The summed E-state index contributed by atoms with van der Waals surface area (Å²) in [5.74, 6) is 1.46. The van der Waals surface area contributed by atoms with Gasteiger partial charge in [0.15, 0.2) is 11.6 Å². The van der Waals surface area contributed by atoms with Gasteiger partial charge < -0.3 is 10.2 Å². The summed E-state index contributed by atoms with van der Waals surface area (Å²) in [4.78, 5) is 10.9. The van der Waals surface area contributed by atoms with Gasteiger partial charge in [0.05, 0.1) is 0 Å². The fraction of sp³-hybridized carbons (Fsp3) is 0.167. The molecule has 0 amide bonds. The molecule has 3 aromatic rings. The van der Waals surface area contributed by atoms with Gasteiger partial charge in [-0.15, -0.1) is 0 Å². The molecule has 0 unspecified atom stereocenters. The van der Waals surface area contributed by atoms with E-state index in [0.717, 1.165) is 24.6 Å². The average molecular weight is 254 g/mol. The van der Waals surface area contributed by atoms with Crippen LogP contribution in [0.15, 0.2) is 35.0 Å². The van der Waals surface area contributed by atoms with E-state index in [2.05, 4.69) is 35.1 Å². The Morgan fingerprint density at radius 2 is 1.84 bits per heavy atom. The van der Waals surface area contributed by atoms with Crippen LogP contribution < -0.4 is 10.2 Å². The first-order valence-electron chi connectivity index (χ1n) is 5.98. The summed E-state index contributed by atoms with van der Waals surface area (Å²) in [6.07, 6.45) is 0. The van der Waals surface area contributed by atoms with E-state index in [-0.39, 0.29) is 0 Å². The molecule has 1 N–H and O–H groups in total. The van der Waals surface area contributed by atoms with Crippen LogP contribution >= 0.6 is 0 Å². The Morgan fingerprint density at radius 3 is 2.68 bits per heavy atom. The van der Waals surface area contributed by atoms with Gasteiger partial charge >= 0.3 is 0 Å². The molecular formula is C12H10N6O. The Kier molecular flexibility index (Phi) is 2.11. The zero-order chi connectivity index (χ0) is 12.7. The van der Waals surface area contributed by atoms with Gasteiger partial charge in [-0.3, -0.25) is 0 Å². The Bertz CT molecular complexity index is 725. The number of fused-ring (bicyclic) bond motifs is 2. The predicted octanol–water partition coefficient (Wildman–Crippen LogP) is 1.58. The summed E-state index contributed by atoms with van der Waals surface area (Å²) >= 11 is 0. The fourth-order valence-electron chi connectivity index (χ4n) is 2.19. The molecule has 7 heteroatoms. The molecule has 4 rings (SSSR count). The lowest BCUT2D eigenvalue weighted by molar-refractivity contribution is 0.314. The second-order valence-electron chi connectivity index (χ2n) is 4.22. The molecule has 0 bridgehead atoms. The highest BCUT2D eigenvalue weighted by molar-refractivity contribution is 5.78. The first-order chi connectivity index (χ1) is 9.42. The summed E-state index contributed by atoms with van der Waals surface area (Å²) in [6, 6.07) is 10.1. The van der Waals surface area contributed by atoms with Gasteiger partial charge in [-0.2, -0.15) is 0 Å². The minimum absolute atomic E-state index is 0.418. The van der Waals surface area contributed by atoms with Crippen LogP contribution in [0.5, 0.6) is 0 Å². The zero-order valence-electron chi connectivity index (χ0n) is 9.95. The van der Waals surface area contributed by atoms with Gasteiger partial charge in [-0.1, -0.05) is 18.2 Å². The molecule has 1 aliphatic rings. The number of nitrogens with zero attached hydrogens (tertiary/aromatic N) is 5. The molecule has 0 saturated carbocycles. The van der Waals surface area contributed by atoms with Crippen molar-refractivity contribution in [2.45, 2.75) is 0 Å². The van der Waals surface area contributed by atoms with Gasteiger partial charge in [-0.05, 0) is 22.4 Å². The molecule has 0 fully saturated rings. The first kappa shape index (κ1) is 10.2. The number of para-hydroxylation sites is 1. The zero-order valence-corrected chi connectivity index (χ0v) is 9.95. The van der Waals surface area contributed by atoms with Gasteiger partial charge in [0.25, 0.3) is 0 Å². The molecule has 1 aliphatic heterocycles. The highest BCUT2D eigenvalue weighted by atomic mass is 16.6. The van der Waals surface area contributed by atoms with Crippen molar-refractivity contribution < 1.29 is 4.63 Å². The molecule has 7 nitrogen and oxygen atoms in total.